The third-order valence-electron chi connectivity index (χ3n) is 4.34. The van der Waals surface area contributed by atoms with Crippen molar-refractivity contribution in [3.05, 3.63) is 57.6 Å². The van der Waals surface area contributed by atoms with Crippen molar-refractivity contribution in [3.8, 4) is 11.5 Å². The van der Waals surface area contributed by atoms with E-state index in [0.717, 1.165) is 23.1 Å². The van der Waals surface area contributed by atoms with Crippen LogP contribution in [0.5, 0.6) is 11.5 Å². The molecule has 1 fully saturated rings. The van der Waals surface area contributed by atoms with Crippen LogP contribution >= 0.6 is 28.1 Å². The zero-order valence-electron chi connectivity index (χ0n) is 16.0. The lowest BCUT2D eigenvalue weighted by Crippen LogP contribution is -2.54. The van der Waals surface area contributed by atoms with E-state index in [1.165, 1.54) is 26.4 Å². The minimum atomic E-state index is -4.61. The normalized spacial score (nSPS) is 15.9. The second-order valence-electron chi connectivity index (χ2n) is 6.23. The van der Waals surface area contributed by atoms with E-state index in [-0.39, 0.29) is 16.4 Å². The van der Waals surface area contributed by atoms with Crippen LogP contribution in [0.25, 0.3) is 6.08 Å². The van der Waals surface area contributed by atoms with E-state index in [4.69, 9.17) is 21.7 Å². The van der Waals surface area contributed by atoms with Gasteiger partial charge in [-0.1, -0.05) is 6.07 Å². The quantitative estimate of drug-likeness (QED) is 0.374. The highest BCUT2D eigenvalue weighted by atomic mass is 79.9. The smallest absolute Gasteiger partial charge is 0.416 e. The molecule has 3 rings (SSSR count). The second-order valence-corrected chi connectivity index (χ2v) is 7.48. The zero-order valence-corrected chi connectivity index (χ0v) is 18.4. The number of alkyl halides is 3. The fourth-order valence-electron chi connectivity index (χ4n) is 2.86. The molecule has 0 radical (unpaired) electrons. The Morgan fingerprint density at radius 1 is 1.10 bits per heavy atom. The number of nitrogens with zero attached hydrogens (tertiary/aromatic N) is 1. The Morgan fingerprint density at radius 2 is 1.77 bits per heavy atom. The Bertz CT molecular complexity index is 1120. The molecule has 0 spiro atoms. The van der Waals surface area contributed by atoms with Gasteiger partial charge >= 0.3 is 6.18 Å². The first-order valence-electron chi connectivity index (χ1n) is 8.57. The second kappa shape index (κ2) is 8.67. The molecule has 2 aromatic carbocycles. The van der Waals surface area contributed by atoms with Crippen molar-refractivity contribution in [2.24, 2.45) is 0 Å². The third kappa shape index (κ3) is 4.57. The van der Waals surface area contributed by atoms with Gasteiger partial charge in [-0.05, 0) is 58.5 Å². The molecule has 11 heteroatoms. The van der Waals surface area contributed by atoms with Crippen molar-refractivity contribution < 1.29 is 32.2 Å². The zero-order chi connectivity index (χ0) is 22.9. The first kappa shape index (κ1) is 22.8. The van der Waals surface area contributed by atoms with Crippen LogP contribution < -0.4 is 19.7 Å². The van der Waals surface area contributed by atoms with Crippen LogP contribution in [0, 0.1) is 0 Å². The number of rotatable bonds is 4. The van der Waals surface area contributed by atoms with E-state index < -0.39 is 23.6 Å². The minimum absolute atomic E-state index is 0.126. The summed E-state index contributed by atoms with van der Waals surface area (Å²) in [6.07, 6.45) is -3.34. The van der Waals surface area contributed by atoms with Crippen LogP contribution in [0.15, 0.2) is 46.4 Å². The SMILES string of the molecule is COc1cc(OC)c(/C=C2\C(=O)NC(=S)N(c3cccc(C(F)(F)F)c3)C2=O)cc1Br. The molecule has 0 unspecified atom stereocenters. The van der Waals surface area contributed by atoms with Crippen molar-refractivity contribution in [2.45, 2.75) is 6.18 Å². The number of hydrogen-bond donors (Lipinski definition) is 1. The number of nitrogens with one attached hydrogen (secondary N) is 1. The van der Waals surface area contributed by atoms with Crippen LogP contribution in [0.2, 0.25) is 0 Å². The van der Waals surface area contributed by atoms with Crippen LogP contribution in [-0.2, 0) is 15.8 Å². The molecule has 1 aliphatic rings. The fourth-order valence-corrected chi connectivity index (χ4v) is 3.67. The topological polar surface area (TPSA) is 67.9 Å². The molecule has 1 aliphatic heterocycles. The lowest BCUT2D eigenvalue weighted by atomic mass is 10.1. The monoisotopic (exact) mass is 514 g/mol. The number of amides is 2. The number of hydrogen-bond acceptors (Lipinski definition) is 5. The van der Waals surface area contributed by atoms with Crippen molar-refractivity contribution in [3.63, 3.8) is 0 Å². The number of halogens is 4. The van der Waals surface area contributed by atoms with E-state index in [1.807, 2.05) is 0 Å². The third-order valence-corrected chi connectivity index (χ3v) is 5.24. The Labute approximate surface area is 188 Å². The molecular formula is C20H14BrF3N2O4S. The van der Waals surface area contributed by atoms with Gasteiger partial charge in [-0.25, -0.2) is 0 Å². The summed E-state index contributed by atoms with van der Waals surface area (Å²) in [7, 11) is 2.86. The Balaban J connectivity index is 2.08. The van der Waals surface area contributed by atoms with Crippen LogP contribution in [-0.4, -0.2) is 31.1 Å². The van der Waals surface area contributed by atoms with E-state index >= 15 is 0 Å². The molecule has 6 nitrogen and oxygen atoms in total. The average Bonchev–Trinajstić information content (AvgIpc) is 2.70. The van der Waals surface area contributed by atoms with Gasteiger partial charge in [0.1, 0.15) is 17.1 Å². The first-order valence-corrected chi connectivity index (χ1v) is 9.77. The van der Waals surface area contributed by atoms with Crippen LogP contribution in [0.1, 0.15) is 11.1 Å². The Morgan fingerprint density at radius 3 is 2.39 bits per heavy atom. The molecule has 2 amide bonds. The maximum Gasteiger partial charge on any atom is 0.416 e. The van der Waals surface area contributed by atoms with Gasteiger partial charge in [0.2, 0.25) is 0 Å². The predicted molar refractivity (Wildman–Crippen MR) is 115 cm³/mol. The van der Waals surface area contributed by atoms with Gasteiger partial charge in [0.25, 0.3) is 11.8 Å². The number of benzene rings is 2. The molecular weight excluding hydrogens is 501 g/mol. The van der Waals surface area contributed by atoms with E-state index in [1.54, 1.807) is 12.1 Å². The molecule has 0 saturated carbocycles. The maximum atomic E-state index is 13.1. The lowest BCUT2D eigenvalue weighted by molar-refractivity contribution is -0.137. The molecule has 0 atom stereocenters. The van der Waals surface area contributed by atoms with Gasteiger partial charge in [-0.3, -0.25) is 19.8 Å². The van der Waals surface area contributed by atoms with E-state index in [9.17, 15) is 22.8 Å². The largest absolute Gasteiger partial charge is 0.496 e. The molecule has 31 heavy (non-hydrogen) atoms. The Hall–Kier alpha value is -2.92. The van der Waals surface area contributed by atoms with Crippen molar-refractivity contribution in [2.75, 3.05) is 19.1 Å². The summed E-state index contributed by atoms with van der Waals surface area (Å²) in [5.41, 5.74) is -1.05. The highest BCUT2D eigenvalue weighted by Gasteiger charge is 2.36. The molecule has 1 heterocycles. The fraction of sp³-hybridized carbons (Fsp3) is 0.150. The highest BCUT2D eigenvalue weighted by Crippen LogP contribution is 2.35. The molecule has 1 N–H and O–H groups in total. The summed E-state index contributed by atoms with van der Waals surface area (Å²) in [5.74, 6) is -0.883. The predicted octanol–water partition coefficient (Wildman–Crippen LogP) is 4.32. The maximum absolute atomic E-state index is 13.1. The van der Waals surface area contributed by atoms with Crippen molar-refractivity contribution in [1.82, 2.24) is 5.32 Å². The van der Waals surface area contributed by atoms with Gasteiger partial charge in [0.15, 0.2) is 5.11 Å². The van der Waals surface area contributed by atoms with Gasteiger partial charge in [-0.2, -0.15) is 13.2 Å². The van der Waals surface area contributed by atoms with Gasteiger partial charge in [-0.15, -0.1) is 0 Å². The first-order chi connectivity index (χ1) is 14.6. The number of carbonyl (C=O) groups is 2. The number of carbonyl (C=O) groups excluding carboxylic acids is 2. The lowest BCUT2D eigenvalue weighted by Gasteiger charge is -2.29. The van der Waals surface area contributed by atoms with E-state index in [2.05, 4.69) is 21.2 Å². The van der Waals surface area contributed by atoms with Gasteiger partial charge in [0.05, 0.1) is 29.9 Å². The number of thiocarbonyl (C=S) groups is 1. The van der Waals surface area contributed by atoms with Crippen LogP contribution in [0.4, 0.5) is 18.9 Å². The summed E-state index contributed by atoms with van der Waals surface area (Å²) >= 11 is 8.35. The standard InChI is InChI=1S/C20H14BrF3N2O4S/c1-29-15-9-16(30-2)14(21)7-10(15)6-13-17(27)25-19(31)26(18(13)28)12-5-3-4-11(8-12)20(22,23)24/h3-9H,1-2H3,(H,25,27,31)/b13-6+. The number of ether oxygens (including phenoxy) is 2. The average molecular weight is 515 g/mol. The molecule has 0 aromatic heterocycles. The molecule has 162 valence electrons. The number of anilines is 1. The molecule has 0 aliphatic carbocycles. The molecule has 0 bridgehead atoms. The summed E-state index contributed by atoms with van der Waals surface area (Å²) in [6.45, 7) is 0. The van der Waals surface area contributed by atoms with Crippen molar-refractivity contribution >= 4 is 56.8 Å². The summed E-state index contributed by atoms with van der Waals surface area (Å²) < 4.78 is 50.3. The van der Waals surface area contributed by atoms with Crippen LogP contribution in [0.3, 0.4) is 0 Å². The minimum Gasteiger partial charge on any atom is -0.496 e. The Kier molecular flexibility index (Phi) is 6.37. The van der Waals surface area contributed by atoms with Crippen molar-refractivity contribution in [1.29, 1.82) is 0 Å². The van der Waals surface area contributed by atoms with Gasteiger partial charge < -0.3 is 9.47 Å². The number of methoxy groups -OCH3 is 2. The van der Waals surface area contributed by atoms with Gasteiger partial charge in [0, 0.05) is 11.6 Å². The highest BCUT2D eigenvalue weighted by molar-refractivity contribution is 9.10. The summed E-state index contributed by atoms with van der Waals surface area (Å²) in [6, 6.07) is 7.22. The summed E-state index contributed by atoms with van der Waals surface area (Å²) in [5, 5.41) is 2.01. The molecule has 1 saturated heterocycles. The molecule has 2 aromatic rings. The van der Waals surface area contributed by atoms with E-state index in [0.29, 0.717) is 21.5 Å². The summed E-state index contributed by atoms with van der Waals surface area (Å²) in [4.78, 5) is 26.4.